The van der Waals surface area contributed by atoms with Crippen LogP contribution >= 0.6 is 0 Å². The summed E-state index contributed by atoms with van der Waals surface area (Å²) in [5.74, 6) is 0. The van der Waals surface area contributed by atoms with Crippen molar-refractivity contribution in [3.63, 3.8) is 0 Å². The molecule has 0 saturated heterocycles. The van der Waals surface area contributed by atoms with Crippen LogP contribution in [-0.4, -0.2) is 5.11 Å². The van der Waals surface area contributed by atoms with Crippen molar-refractivity contribution in [2.45, 2.75) is 45.0 Å². The summed E-state index contributed by atoms with van der Waals surface area (Å²) >= 11 is 0. The lowest BCUT2D eigenvalue weighted by Gasteiger charge is -2.19. The van der Waals surface area contributed by atoms with Crippen LogP contribution < -0.4 is 0 Å². The molecular weight excluding hydrogens is 212 g/mol. The van der Waals surface area contributed by atoms with Gasteiger partial charge >= 0.3 is 0 Å². The molecule has 0 spiro atoms. The van der Waals surface area contributed by atoms with E-state index < -0.39 is 6.10 Å². The summed E-state index contributed by atoms with van der Waals surface area (Å²) in [4.78, 5) is 0. The zero-order valence-corrected chi connectivity index (χ0v) is 9.98. The second-order valence-electron chi connectivity index (χ2n) is 4.95. The third-order valence-corrected chi connectivity index (χ3v) is 3.74. The topological polar surface area (TPSA) is 29.5 Å². The minimum atomic E-state index is -0.416. The van der Waals surface area contributed by atoms with E-state index in [1.165, 1.54) is 29.5 Å². The first-order chi connectivity index (χ1) is 8.34. The maximum atomic E-state index is 10.4. The van der Waals surface area contributed by atoms with Gasteiger partial charge in [-0.25, -0.2) is 0 Å². The molecule has 1 unspecified atom stereocenters. The van der Waals surface area contributed by atoms with Crippen LogP contribution in [0.4, 0.5) is 0 Å². The highest BCUT2D eigenvalue weighted by Gasteiger charge is 2.18. The fourth-order valence-corrected chi connectivity index (χ4v) is 2.69. The van der Waals surface area contributed by atoms with Gasteiger partial charge < -0.3 is 9.84 Å². The van der Waals surface area contributed by atoms with Crippen LogP contribution in [0.25, 0.3) is 0 Å². The average Bonchev–Trinajstić information content (AvgIpc) is 2.86. The molecule has 3 rings (SSSR count). The van der Waals surface area contributed by atoms with Crippen molar-refractivity contribution in [1.82, 2.24) is 0 Å². The lowest BCUT2D eigenvalue weighted by molar-refractivity contribution is 0.134. The van der Waals surface area contributed by atoms with Crippen molar-refractivity contribution in [1.29, 1.82) is 0 Å². The predicted molar refractivity (Wildman–Crippen MR) is 66.4 cm³/mol. The Kier molecular flexibility index (Phi) is 3.00. The molecular formula is C15H18O2. The molecule has 1 atom stereocenters. The Morgan fingerprint density at radius 1 is 1.12 bits per heavy atom. The molecule has 1 aromatic carbocycles. The van der Waals surface area contributed by atoms with Crippen molar-refractivity contribution in [3.05, 3.63) is 46.5 Å². The Hall–Kier alpha value is -1.12. The van der Waals surface area contributed by atoms with Gasteiger partial charge in [-0.3, -0.25) is 0 Å². The van der Waals surface area contributed by atoms with E-state index in [2.05, 4.69) is 18.2 Å². The summed E-state index contributed by atoms with van der Waals surface area (Å²) in [7, 11) is 0. The summed E-state index contributed by atoms with van der Waals surface area (Å²) in [5, 5.41) is 10.4. The number of ether oxygens (including phenoxy) is 1. The molecule has 2 nitrogen and oxygen atoms in total. The first-order valence-electron chi connectivity index (χ1n) is 6.41. The van der Waals surface area contributed by atoms with Crippen molar-refractivity contribution in [2.24, 2.45) is 0 Å². The Morgan fingerprint density at radius 3 is 2.82 bits per heavy atom. The zero-order valence-electron chi connectivity index (χ0n) is 9.98. The van der Waals surface area contributed by atoms with Crippen LogP contribution in [0, 0.1) is 0 Å². The minimum Gasteiger partial charge on any atom is -0.384 e. The smallest absolute Gasteiger partial charge is 0.100 e. The quantitative estimate of drug-likeness (QED) is 0.790. The second-order valence-corrected chi connectivity index (χ2v) is 4.95. The molecule has 0 bridgehead atoms. The first-order valence-corrected chi connectivity index (χ1v) is 6.41. The molecule has 1 heterocycles. The fraction of sp³-hybridized carbons (Fsp3) is 0.467. The lowest BCUT2D eigenvalue weighted by atomic mass is 9.91. The monoisotopic (exact) mass is 230 g/mol. The fourth-order valence-electron chi connectivity index (χ4n) is 2.69. The summed E-state index contributed by atoms with van der Waals surface area (Å²) in [6.45, 7) is 1.41. The van der Waals surface area contributed by atoms with Gasteiger partial charge in [0.2, 0.25) is 0 Å². The number of aliphatic hydroxyl groups excluding tert-OH is 1. The number of hydrogen-bond donors (Lipinski definition) is 1. The van der Waals surface area contributed by atoms with Gasteiger partial charge in [-0.2, -0.15) is 0 Å². The molecule has 1 aliphatic carbocycles. The molecule has 2 heteroatoms. The lowest BCUT2D eigenvalue weighted by Crippen LogP contribution is -2.05. The third kappa shape index (κ3) is 2.15. The Morgan fingerprint density at radius 2 is 2.00 bits per heavy atom. The van der Waals surface area contributed by atoms with Gasteiger partial charge in [-0.15, -0.1) is 0 Å². The Bertz CT molecular complexity index is 448. The third-order valence-electron chi connectivity index (χ3n) is 3.74. The van der Waals surface area contributed by atoms with E-state index in [4.69, 9.17) is 4.74 Å². The molecule has 0 saturated carbocycles. The number of fused-ring (bicyclic) bond motifs is 1. The van der Waals surface area contributed by atoms with E-state index in [0.717, 1.165) is 18.4 Å². The molecule has 0 fully saturated rings. The van der Waals surface area contributed by atoms with Crippen LogP contribution in [0.2, 0.25) is 0 Å². The number of benzene rings is 1. The number of aliphatic hydroxyl groups is 1. The predicted octanol–water partition coefficient (Wildman–Crippen LogP) is 3.25. The van der Waals surface area contributed by atoms with E-state index >= 15 is 0 Å². The molecule has 0 amide bonds. The van der Waals surface area contributed by atoms with E-state index in [0.29, 0.717) is 13.2 Å². The molecule has 2 aliphatic rings. The second kappa shape index (κ2) is 4.63. The van der Waals surface area contributed by atoms with Crippen LogP contribution in [0.15, 0.2) is 29.8 Å². The first kappa shape index (κ1) is 11.0. The number of rotatable bonds is 2. The number of allylic oxidation sites excluding steroid dienone is 1. The van der Waals surface area contributed by atoms with Gasteiger partial charge in [-0.1, -0.05) is 24.3 Å². The summed E-state index contributed by atoms with van der Waals surface area (Å²) < 4.78 is 5.40. The van der Waals surface area contributed by atoms with E-state index in [-0.39, 0.29) is 0 Å². The summed E-state index contributed by atoms with van der Waals surface area (Å²) in [6, 6.07) is 6.22. The van der Waals surface area contributed by atoms with Crippen LogP contribution in [0.5, 0.6) is 0 Å². The average molecular weight is 230 g/mol. The van der Waals surface area contributed by atoms with E-state index in [1.807, 2.05) is 6.07 Å². The minimum absolute atomic E-state index is 0.416. The molecule has 1 N–H and O–H groups in total. The van der Waals surface area contributed by atoms with Crippen molar-refractivity contribution in [3.8, 4) is 0 Å². The summed E-state index contributed by atoms with van der Waals surface area (Å²) in [6.07, 6.45) is 6.40. The molecule has 0 aromatic heterocycles. The maximum absolute atomic E-state index is 10.4. The molecule has 0 radical (unpaired) electrons. The largest absolute Gasteiger partial charge is 0.384 e. The zero-order chi connectivity index (χ0) is 11.7. The Balaban J connectivity index is 1.86. The summed E-state index contributed by atoms with van der Waals surface area (Å²) in [5.41, 5.74) is 4.70. The van der Waals surface area contributed by atoms with E-state index in [1.54, 1.807) is 0 Å². The van der Waals surface area contributed by atoms with Crippen molar-refractivity contribution < 1.29 is 9.84 Å². The van der Waals surface area contributed by atoms with Crippen molar-refractivity contribution >= 4 is 0 Å². The van der Waals surface area contributed by atoms with Gasteiger partial charge in [0, 0.05) is 0 Å². The van der Waals surface area contributed by atoms with Crippen LogP contribution in [-0.2, 0) is 18.0 Å². The molecule has 90 valence electrons. The van der Waals surface area contributed by atoms with Gasteiger partial charge in [0.1, 0.15) is 6.10 Å². The molecule has 1 aliphatic heterocycles. The van der Waals surface area contributed by atoms with Crippen LogP contribution in [0.3, 0.4) is 0 Å². The maximum Gasteiger partial charge on any atom is 0.100 e. The van der Waals surface area contributed by atoms with E-state index in [9.17, 15) is 5.11 Å². The van der Waals surface area contributed by atoms with Crippen molar-refractivity contribution in [2.75, 3.05) is 0 Å². The van der Waals surface area contributed by atoms with Gasteiger partial charge in [0.15, 0.2) is 0 Å². The SMILES string of the molecule is OC(C1=CCCCC1)c1ccc2c(c1)COC2. The Labute approximate surface area is 102 Å². The highest BCUT2D eigenvalue weighted by molar-refractivity contribution is 5.36. The molecule has 1 aromatic rings. The van der Waals surface area contributed by atoms with Gasteiger partial charge in [0.25, 0.3) is 0 Å². The highest BCUT2D eigenvalue weighted by atomic mass is 16.5. The van der Waals surface area contributed by atoms with Gasteiger partial charge in [0.05, 0.1) is 13.2 Å². The normalized spacial score (nSPS) is 20.9. The van der Waals surface area contributed by atoms with Crippen LogP contribution in [0.1, 0.15) is 48.5 Å². The molecule has 17 heavy (non-hydrogen) atoms. The van der Waals surface area contributed by atoms with Gasteiger partial charge in [-0.05, 0) is 47.9 Å². The number of hydrogen-bond acceptors (Lipinski definition) is 2. The highest BCUT2D eigenvalue weighted by Crippen LogP contribution is 2.31. The standard InChI is InChI=1S/C15H18O2/c16-15(11-4-2-1-3-5-11)12-6-7-13-9-17-10-14(13)8-12/h4,6-8,15-16H,1-3,5,9-10H2.